The molecule has 1 heterocycles. The fraction of sp³-hybridized carbons (Fsp3) is 1.00. The molecule has 1 saturated heterocycles. The van der Waals surface area contributed by atoms with Crippen LogP contribution in [0.15, 0.2) is 0 Å². The largest absolute Gasteiger partial charge is 0.329 e. The molecule has 3 nitrogen and oxygen atoms in total. The number of nitrogens with two attached hydrogens (primary N) is 1. The van der Waals surface area contributed by atoms with Crippen molar-refractivity contribution in [3.63, 3.8) is 0 Å². The first-order valence-electron chi connectivity index (χ1n) is 7.39. The first-order valence-corrected chi connectivity index (χ1v) is 7.39. The van der Waals surface area contributed by atoms with Crippen molar-refractivity contribution in [3.8, 4) is 0 Å². The number of hydrogen-bond donors (Lipinski definition) is 1. The van der Waals surface area contributed by atoms with E-state index < -0.39 is 0 Å². The van der Waals surface area contributed by atoms with Crippen LogP contribution in [0, 0.1) is 5.92 Å². The monoisotopic (exact) mass is 241 g/mol. The Kier molecular flexibility index (Phi) is 7.09. The van der Waals surface area contributed by atoms with Crippen molar-refractivity contribution < 1.29 is 0 Å². The molecule has 1 aliphatic heterocycles. The van der Waals surface area contributed by atoms with E-state index in [-0.39, 0.29) is 0 Å². The zero-order valence-corrected chi connectivity index (χ0v) is 12.0. The van der Waals surface area contributed by atoms with Crippen LogP contribution in [0.4, 0.5) is 0 Å². The summed E-state index contributed by atoms with van der Waals surface area (Å²) in [6.45, 7) is 13.8. The predicted octanol–water partition coefficient (Wildman–Crippen LogP) is 1.78. The van der Waals surface area contributed by atoms with E-state index in [0.29, 0.717) is 6.04 Å². The van der Waals surface area contributed by atoms with E-state index in [2.05, 4.69) is 30.6 Å². The van der Waals surface area contributed by atoms with Crippen molar-refractivity contribution in [1.29, 1.82) is 0 Å². The average Bonchev–Trinajstić information content (AvgIpc) is 2.33. The van der Waals surface area contributed by atoms with Gasteiger partial charge < -0.3 is 10.6 Å². The van der Waals surface area contributed by atoms with Crippen LogP contribution in [0.3, 0.4) is 0 Å². The highest BCUT2D eigenvalue weighted by Gasteiger charge is 2.25. The molecule has 0 aromatic carbocycles. The average molecular weight is 241 g/mol. The van der Waals surface area contributed by atoms with Gasteiger partial charge in [0.05, 0.1) is 0 Å². The lowest BCUT2D eigenvalue weighted by atomic mass is 9.95. The van der Waals surface area contributed by atoms with E-state index in [1.54, 1.807) is 0 Å². The van der Waals surface area contributed by atoms with Crippen LogP contribution < -0.4 is 5.73 Å². The van der Waals surface area contributed by atoms with Crippen molar-refractivity contribution in [2.75, 3.05) is 39.3 Å². The highest BCUT2D eigenvalue weighted by Crippen LogP contribution is 2.17. The molecular formula is C14H31N3. The van der Waals surface area contributed by atoms with E-state index in [9.17, 15) is 0 Å². The summed E-state index contributed by atoms with van der Waals surface area (Å²) < 4.78 is 0. The van der Waals surface area contributed by atoms with Crippen molar-refractivity contribution in [1.82, 2.24) is 9.80 Å². The fourth-order valence-electron chi connectivity index (χ4n) is 3.02. The molecule has 1 aliphatic rings. The van der Waals surface area contributed by atoms with Gasteiger partial charge >= 0.3 is 0 Å². The van der Waals surface area contributed by atoms with Gasteiger partial charge in [0.1, 0.15) is 0 Å². The van der Waals surface area contributed by atoms with E-state index >= 15 is 0 Å². The quantitative estimate of drug-likeness (QED) is 0.737. The highest BCUT2D eigenvalue weighted by molar-refractivity contribution is 4.82. The third-order valence-corrected chi connectivity index (χ3v) is 4.06. The zero-order valence-electron chi connectivity index (χ0n) is 12.0. The minimum Gasteiger partial charge on any atom is -0.329 e. The van der Waals surface area contributed by atoms with Gasteiger partial charge in [0, 0.05) is 38.8 Å². The summed E-state index contributed by atoms with van der Waals surface area (Å²) in [5, 5.41) is 0. The third kappa shape index (κ3) is 4.57. The lowest BCUT2D eigenvalue weighted by molar-refractivity contribution is 0.0741. The standard InChI is InChI=1S/C14H31N3/c1-4-6-13(3)14(12-15)17-10-8-16(7-5-2)9-11-17/h13-14H,4-12,15H2,1-3H3. The zero-order chi connectivity index (χ0) is 12.7. The van der Waals surface area contributed by atoms with Crippen LogP contribution in [-0.4, -0.2) is 55.1 Å². The molecule has 2 N–H and O–H groups in total. The molecule has 3 heteroatoms. The second kappa shape index (κ2) is 8.06. The van der Waals surface area contributed by atoms with Crippen molar-refractivity contribution in [2.45, 2.75) is 46.1 Å². The maximum atomic E-state index is 5.97. The van der Waals surface area contributed by atoms with Crippen LogP contribution in [0.1, 0.15) is 40.0 Å². The Hall–Kier alpha value is -0.120. The molecule has 0 aromatic heterocycles. The number of nitrogens with zero attached hydrogens (tertiary/aromatic N) is 2. The molecule has 2 unspecified atom stereocenters. The molecule has 0 radical (unpaired) electrons. The summed E-state index contributed by atoms with van der Waals surface area (Å²) in [6.07, 6.45) is 3.84. The molecule has 17 heavy (non-hydrogen) atoms. The summed E-state index contributed by atoms with van der Waals surface area (Å²) in [6, 6.07) is 0.596. The minimum atomic E-state index is 0.596. The van der Waals surface area contributed by atoms with Gasteiger partial charge in [0.2, 0.25) is 0 Å². The molecule has 102 valence electrons. The van der Waals surface area contributed by atoms with Gasteiger partial charge in [-0.25, -0.2) is 0 Å². The van der Waals surface area contributed by atoms with Crippen molar-refractivity contribution >= 4 is 0 Å². The SMILES string of the molecule is CCCC(C)C(CN)N1CCN(CCC)CC1. The Balaban J connectivity index is 2.39. The Morgan fingerprint density at radius 2 is 1.71 bits per heavy atom. The van der Waals surface area contributed by atoms with Crippen LogP contribution in [0.2, 0.25) is 0 Å². The van der Waals surface area contributed by atoms with Crippen molar-refractivity contribution in [3.05, 3.63) is 0 Å². The molecule has 1 rings (SSSR count). The summed E-state index contributed by atoms with van der Waals surface area (Å²) in [5.74, 6) is 0.739. The molecule has 2 atom stereocenters. The third-order valence-electron chi connectivity index (χ3n) is 4.06. The van der Waals surface area contributed by atoms with Crippen molar-refractivity contribution in [2.24, 2.45) is 11.7 Å². The van der Waals surface area contributed by atoms with Crippen LogP contribution in [0.5, 0.6) is 0 Å². The molecule has 0 aromatic rings. The molecule has 1 fully saturated rings. The van der Waals surface area contributed by atoms with E-state index in [1.165, 1.54) is 52.0 Å². The fourth-order valence-corrected chi connectivity index (χ4v) is 3.02. The van der Waals surface area contributed by atoms with Gasteiger partial charge in [0.25, 0.3) is 0 Å². The summed E-state index contributed by atoms with van der Waals surface area (Å²) >= 11 is 0. The maximum Gasteiger partial charge on any atom is 0.0245 e. The van der Waals surface area contributed by atoms with Crippen LogP contribution in [0.25, 0.3) is 0 Å². The Labute approximate surface area is 107 Å². The topological polar surface area (TPSA) is 32.5 Å². The smallest absolute Gasteiger partial charge is 0.0245 e. The van der Waals surface area contributed by atoms with Crippen LogP contribution in [-0.2, 0) is 0 Å². The maximum absolute atomic E-state index is 5.97. The van der Waals surface area contributed by atoms with E-state index in [4.69, 9.17) is 5.73 Å². The molecule has 0 spiro atoms. The predicted molar refractivity (Wildman–Crippen MR) is 75.2 cm³/mol. The van der Waals surface area contributed by atoms with Gasteiger partial charge in [-0.3, -0.25) is 4.90 Å². The second-order valence-electron chi connectivity index (χ2n) is 5.45. The van der Waals surface area contributed by atoms with Gasteiger partial charge in [0.15, 0.2) is 0 Å². The first-order chi connectivity index (χ1) is 8.22. The number of rotatable bonds is 7. The molecule has 0 bridgehead atoms. The molecule has 0 aliphatic carbocycles. The Morgan fingerprint density at radius 1 is 1.06 bits per heavy atom. The molecule has 0 saturated carbocycles. The number of hydrogen-bond acceptors (Lipinski definition) is 3. The minimum absolute atomic E-state index is 0.596. The lowest BCUT2D eigenvalue weighted by Gasteiger charge is -2.41. The molecule has 0 amide bonds. The number of piperazine rings is 1. The molecular weight excluding hydrogens is 210 g/mol. The van der Waals surface area contributed by atoms with E-state index in [1.807, 2.05) is 0 Å². The van der Waals surface area contributed by atoms with Gasteiger partial charge in [-0.1, -0.05) is 27.2 Å². The Bertz CT molecular complexity index is 188. The summed E-state index contributed by atoms with van der Waals surface area (Å²) in [4.78, 5) is 5.20. The lowest BCUT2D eigenvalue weighted by Crippen LogP contribution is -2.54. The normalized spacial score (nSPS) is 22.6. The van der Waals surface area contributed by atoms with Gasteiger partial charge in [-0.05, 0) is 25.3 Å². The second-order valence-corrected chi connectivity index (χ2v) is 5.45. The summed E-state index contributed by atoms with van der Waals surface area (Å²) in [7, 11) is 0. The van der Waals surface area contributed by atoms with Gasteiger partial charge in [-0.15, -0.1) is 0 Å². The first kappa shape index (κ1) is 14.9. The van der Waals surface area contributed by atoms with Gasteiger partial charge in [-0.2, -0.15) is 0 Å². The van der Waals surface area contributed by atoms with E-state index in [0.717, 1.165) is 12.5 Å². The highest BCUT2D eigenvalue weighted by atomic mass is 15.3. The van der Waals surface area contributed by atoms with Crippen LogP contribution >= 0.6 is 0 Å². The Morgan fingerprint density at radius 3 is 2.18 bits per heavy atom. The summed E-state index contributed by atoms with van der Waals surface area (Å²) in [5.41, 5.74) is 5.97.